The van der Waals surface area contributed by atoms with Crippen molar-refractivity contribution in [2.24, 2.45) is 0 Å². The Labute approximate surface area is 118 Å². The molecule has 6 nitrogen and oxygen atoms in total. The van der Waals surface area contributed by atoms with Crippen molar-refractivity contribution in [2.45, 2.75) is 20.3 Å². The van der Waals surface area contributed by atoms with Crippen LogP contribution < -0.4 is 15.6 Å². The van der Waals surface area contributed by atoms with E-state index in [-0.39, 0.29) is 18.9 Å². The van der Waals surface area contributed by atoms with Gasteiger partial charge in [0, 0.05) is 6.61 Å². The van der Waals surface area contributed by atoms with E-state index < -0.39 is 5.91 Å². The minimum absolute atomic E-state index is 0.156. The Morgan fingerprint density at radius 3 is 2.55 bits per heavy atom. The average Bonchev–Trinajstić information content (AvgIpc) is 2.44. The molecular weight excluding hydrogens is 260 g/mol. The summed E-state index contributed by atoms with van der Waals surface area (Å²) in [6.45, 7) is 4.48. The zero-order valence-corrected chi connectivity index (χ0v) is 11.8. The average molecular weight is 280 g/mol. The van der Waals surface area contributed by atoms with Crippen LogP contribution in [0.5, 0.6) is 5.75 Å². The molecule has 0 radical (unpaired) electrons. The maximum absolute atomic E-state index is 11.5. The molecule has 1 rings (SSSR count). The summed E-state index contributed by atoms with van der Waals surface area (Å²) >= 11 is 0. The first-order valence-electron chi connectivity index (χ1n) is 6.47. The molecule has 0 aromatic heterocycles. The number of para-hydroxylation sites is 1. The smallest absolute Gasteiger partial charge is 0.276 e. The number of carbonyl (C=O) groups is 2. The number of benzene rings is 1. The zero-order valence-electron chi connectivity index (χ0n) is 11.8. The largest absolute Gasteiger partial charge is 0.483 e. The minimum atomic E-state index is -0.419. The molecule has 110 valence electrons. The van der Waals surface area contributed by atoms with E-state index in [1.54, 1.807) is 6.07 Å². The van der Waals surface area contributed by atoms with Gasteiger partial charge in [0.1, 0.15) is 5.75 Å². The van der Waals surface area contributed by atoms with E-state index in [1.165, 1.54) is 0 Å². The van der Waals surface area contributed by atoms with Crippen molar-refractivity contribution < 1.29 is 19.1 Å². The number of hydrogen-bond acceptors (Lipinski definition) is 4. The van der Waals surface area contributed by atoms with E-state index in [4.69, 9.17) is 9.47 Å². The predicted molar refractivity (Wildman–Crippen MR) is 74.1 cm³/mol. The molecule has 6 heteroatoms. The first kappa shape index (κ1) is 16.0. The summed E-state index contributed by atoms with van der Waals surface area (Å²) in [6, 6.07) is 7.39. The second-order valence-electron chi connectivity index (χ2n) is 4.10. The molecule has 0 saturated carbocycles. The lowest BCUT2D eigenvalue weighted by Crippen LogP contribution is -2.44. The maximum atomic E-state index is 11.5. The standard InChI is InChI=1S/C14H20N2O4/c1-3-19-9-8-13(17)15-16-14(18)10-20-12-7-5-4-6-11(12)2/h4-7H,3,8-10H2,1-2H3,(H,15,17)(H,16,18). The molecule has 0 aliphatic carbocycles. The number of hydrogen-bond donors (Lipinski definition) is 2. The Bertz CT molecular complexity index is 449. The Balaban J connectivity index is 2.21. The van der Waals surface area contributed by atoms with E-state index in [1.807, 2.05) is 32.0 Å². The van der Waals surface area contributed by atoms with Crippen molar-refractivity contribution in [2.75, 3.05) is 19.8 Å². The van der Waals surface area contributed by atoms with Gasteiger partial charge in [0.05, 0.1) is 13.0 Å². The number of carbonyl (C=O) groups excluding carboxylic acids is 2. The van der Waals surface area contributed by atoms with Gasteiger partial charge in [0.15, 0.2) is 6.61 Å². The highest BCUT2D eigenvalue weighted by atomic mass is 16.5. The molecule has 0 unspecified atom stereocenters. The van der Waals surface area contributed by atoms with Gasteiger partial charge in [0.25, 0.3) is 5.91 Å². The minimum Gasteiger partial charge on any atom is -0.483 e. The van der Waals surface area contributed by atoms with E-state index in [0.717, 1.165) is 5.56 Å². The van der Waals surface area contributed by atoms with Crippen LogP contribution in [0.2, 0.25) is 0 Å². The molecule has 1 aromatic carbocycles. The van der Waals surface area contributed by atoms with Gasteiger partial charge in [-0.1, -0.05) is 18.2 Å². The summed E-state index contributed by atoms with van der Waals surface area (Å²) in [4.78, 5) is 22.8. The number of amides is 2. The number of aryl methyl sites for hydroxylation is 1. The molecule has 0 heterocycles. The van der Waals surface area contributed by atoms with Crippen molar-refractivity contribution in [3.8, 4) is 5.75 Å². The molecule has 0 spiro atoms. The van der Waals surface area contributed by atoms with E-state index >= 15 is 0 Å². The molecule has 2 amide bonds. The molecule has 0 aliphatic heterocycles. The first-order valence-corrected chi connectivity index (χ1v) is 6.47. The lowest BCUT2D eigenvalue weighted by Gasteiger charge is -2.10. The van der Waals surface area contributed by atoms with Gasteiger partial charge in [-0.2, -0.15) is 0 Å². The van der Waals surface area contributed by atoms with Gasteiger partial charge in [-0.3, -0.25) is 20.4 Å². The molecule has 0 aliphatic rings. The zero-order chi connectivity index (χ0) is 14.8. The van der Waals surface area contributed by atoms with Crippen LogP contribution in [-0.2, 0) is 14.3 Å². The molecule has 1 aromatic rings. The van der Waals surface area contributed by atoms with Crippen LogP contribution in [0, 0.1) is 6.92 Å². The molecule has 2 N–H and O–H groups in total. The molecule has 0 saturated heterocycles. The summed E-state index contributed by atoms with van der Waals surface area (Å²) in [7, 11) is 0. The van der Waals surface area contributed by atoms with Crippen LogP contribution in [0.25, 0.3) is 0 Å². The van der Waals surface area contributed by atoms with Crippen molar-refractivity contribution >= 4 is 11.8 Å². The molecular formula is C14H20N2O4. The SMILES string of the molecule is CCOCCC(=O)NNC(=O)COc1ccccc1C. The van der Waals surface area contributed by atoms with Gasteiger partial charge in [0.2, 0.25) is 5.91 Å². The molecule has 0 bridgehead atoms. The molecule has 0 fully saturated rings. The van der Waals surface area contributed by atoms with E-state index in [2.05, 4.69) is 10.9 Å². The highest BCUT2D eigenvalue weighted by Gasteiger charge is 2.06. The predicted octanol–water partition coefficient (Wildman–Crippen LogP) is 0.948. The third-order valence-electron chi connectivity index (χ3n) is 2.47. The van der Waals surface area contributed by atoms with Crippen LogP contribution in [0.15, 0.2) is 24.3 Å². The monoisotopic (exact) mass is 280 g/mol. The fourth-order valence-electron chi connectivity index (χ4n) is 1.41. The molecule has 20 heavy (non-hydrogen) atoms. The van der Waals surface area contributed by atoms with Gasteiger partial charge in [-0.25, -0.2) is 0 Å². The van der Waals surface area contributed by atoms with Crippen molar-refractivity contribution in [3.05, 3.63) is 29.8 Å². The highest BCUT2D eigenvalue weighted by molar-refractivity contribution is 5.82. The Morgan fingerprint density at radius 2 is 1.85 bits per heavy atom. The van der Waals surface area contributed by atoms with Crippen LogP contribution >= 0.6 is 0 Å². The fourth-order valence-corrected chi connectivity index (χ4v) is 1.41. The second-order valence-corrected chi connectivity index (χ2v) is 4.10. The highest BCUT2D eigenvalue weighted by Crippen LogP contribution is 2.15. The topological polar surface area (TPSA) is 76.7 Å². The van der Waals surface area contributed by atoms with Crippen molar-refractivity contribution in [1.82, 2.24) is 10.9 Å². The number of rotatable bonds is 7. The van der Waals surface area contributed by atoms with Gasteiger partial charge >= 0.3 is 0 Å². The van der Waals surface area contributed by atoms with Crippen LogP contribution in [0.4, 0.5) is 0 Å². The maximum Gasteiger partial charge on any atom is 0.276 e. The van der Waals surface area contributed by atoms with E-state index in [9.17, 15) is 9.59 Å². The van der Waals surface area contributed by atoms with Crippen molar-refractivity contribution in [1.29, 1.82) is 0 Å². The lowest BCUT2D eigenvalue weighted by atomic mass is 10.2. The van der Waals surface area contributed by atoms with Gasteiger partial charge in [-0.15, -0.1) is 0 Å². The van der Waals surface area contributed by atoms with Crippen LogP contribution in [-0.4, -0.2) is 31.6 Å². The van der Waals surface area contributed by atoms with Gasteiger partial charge < -0.3 is 9.47 Å². The summed E-state index contributed by atoms with van der Waals surface area (Å²) in [6.07, 6.45) is 0.201. The van der Waals surface area contributed by atoms with Crippen LogP contribution in [0.3, 0.4) is 0 Å². The van der Waals surface area contributed by atoms with Crippen LogP contribution in [0.1, 0.15) is 18.9 Å². The lowest BCUT2D eigenvalue weighted by molar-refractivity contribution is -0.130. The summed E-state index contributed by atoms with van der Waals surface area (Å²) in [5.41, 5.74) is 5.52. The Morgan fingerprint density at radius 1 is 1.15 bits per heavy atom. The van der Waals surface area contributed by atoms with Crippen molar-refractivity contribution in [3.63, 3.8) is 0 Å². The normalized spacial score (nSPS) is 9.90. The summed E-state index contributed by atoms with van der Waals surface area (Å²) in [5, 5.41) is 0. The van der Waals surface area contributed by atoms with Gasteiger partial charge in [-0.05, 0) is 25.5 Å². The fraction of sp³-hybridized carbons (Fsp3) is 0.429. The molecule has 0 atom stereocenters. The summed E-state index contributed by atoms with van der Waals surface area (Å²) < 4.78 is 10.4. The third-order valence-corrected chi connectivity index (χ3v) is 2.47. The number of nitrogens with one attached hydrogen (secondary N) is 2. The first-order chi connectivity index (χ1) is 9.63. The third kappa shape index (κ3) is 6.19. The van der Waals surface area contributed by atoms with E-state index in [0.29, 0.717) is 19.0 Å². The summed E-state index contributed by atoms with van der Waals surface area (Å²) in [5.74, 6) is -0.0778. The Hall–Kier alpha value is -2.08. The quantitative estimate of drug-likeness (QED) is 0.576. The number of hydrazine groups is 1. The second kappa shape index (κ2) is 8.92. The number of ether oxygens (including phenoxy) is 2. The Kier molecular flexibility index (Phi) is 7.13.